The topological polar surface area (TPSA) is 122 Å². The number of nitrogens with one attached hydrogen (secondary N) is 2. The number of carbonyl (C=O) groups is 3. The van der Waals surface area contributed by atoms with Crippen LogP contribution in [-0.4, -0.2) is 38.4 Å². The fraction of sp³-hybridized carbons (Fsp3) is 0.118. The van der Waals surface area contributed by atoms with Crippen LogP contribution in [0, 0.1) is 0 Å². The lowest BCUT2D eigenvalue weighted by Crippen LogP contribution is -2.54. The van der Waals surface area contributed by atoms with Crippen LogP contribution in [0.25, 0.3) is 0 Å². The van der Waals surface area contributed by atoms with E-state index in [9.17, 15) is 24.6 Å². The highest BCUT2D eigenvalue weighted by molar-refractivity contribution is 5.79. The molecule has 2 rings (SSSR count). The maximum Gasteiger partial charge on any atom is 0.426 e. The number of hydrogen-bond acceptors (Lipinski definition) is 3. The molecule has 2 aromatic rings. The van der Waals surface area contributed by atoms with E-state index in [-0.39, 0.29) is 13.1 Å². The Morgan fingerprint density at radius 3 is 1.35 bits per heavy atom. The predicted molar refractivity (Wildman–Crippen MR) is 91.7 cm³/mol. The second-order valence-electron chi connectivity index (χ2n) is 5.26. The highest BCUT2D eigenvalue weighted by Gasteiger charge is 2.19. The molecule has 0 fully saturated rings. The van der Waals surface area contributed by atoms with Gasteiger partial charge in [0, 0.05) is 0 Å². The van der Waals surface area contributed by atoms with Gasteiger partial charge in [0.15, 0.2) is 0 Å². The van der Waals surface area contributed by atoms with Crippen LogP contribution in [0.2, 0.25) is 0 Å². The molecule has 0 aliphatic rings. The number of benzene rings is 2. The first kappa shape index (κ1) is 18.6. The van der Waals surface area contributed by atoms with Gasteiger partial charge in [0.2, 0.25) is 0 Å². The Morgan fingerprint density at radius 1 is 0.692 bits per heavy atom. The van der Waals surface area contributed by atoms with Crippen molar-refractivity contribution in [3.05, 3.63) is 71.8 Å². The largest absolute Gasteiger partial charge is 0.464 e. The van der Waals surface area contributed by atoms with Crippen LogP contribution >= 0.6 is 0 Å². The van der Waals surface area contributed by atoms with E-state index in [4.69, 9.17) is 0 Å². The van der Waals surface area contributed by atoms with E-state index in [1.807, 2.05) is 0 Å². The first-order valence-electron chi connectivity index (χ1n) is 7.61. The Kier molecular flexibility index (Phi) is 6.38. The molecule has 9 nitrogen and oxygen atoms in total. The van der Waals surface area contributed by atoms with E-state index in [0.29, 0.717) is 21.1 Å². The maximum absolute atomic E-state index is 12.0. The van der Waals surface area contributed by atoms with Crippen molar-refractivity contribution in [1.29, 1.82) is 0 Å². The van der Waals surface area contributed by atoms with Gasteiger partial charge in [0.1, 0.15) is 0 Å². The van der Waals surface area contributed by atoms with Crippen molar-refractivity contribution in [3.8, 4) is 0 Å². The van der Waals surface area contributed by atoms with Gasteiger partial charge in [-0.2, -0.15) is 0 Å². The summed E-state index contributed by atoms with van der Waals surface area (Å²) in [7, 11) is 0. The molecule has 0 saturated carbocycles. The van der Waals surface area contributed by atoms with Gasteiger partial charge in [-0.1, -0.05) is 60.7 Å². The van der Waals surface area contributed by atoms with Gasteiger partial charge in [-0.15, -0.1) is 0 Å². The van der Waals surface area contributed by atoms with Crippen LogP contribution in [0.3, 0.4) is 0 Å². The molecular formula is C17H18N4O5. The lowest BCUT2D eigenvalue weighted by atomic mass is 10.2. The van der Waals surface area contributed by atoms with Crippen LogP contribution in [0.5, 0.6) is 0 Å². The number of carboxylic acid groups (broad SMARTS) is 2. The van der Waals surface area contributed by atoms with Gasteiger partial charge in [-0.05, 0) is 11.1 Å². The Hall–Kier alpha value is -3.75. The minimum absolute atomic E-state index is 0.0879. The molecule has 0 heterocycles. The summed E-state index contributed by atoms with van der Waals surface area (Å²) in [4.78, 5) is 34.6. The van der Waals surface area contributed by atoms with Crippen LogP contribution in [-0.2, 0) is 13.1 Å². The zero-order chi connectivity index (χ0) is 18.9. The molecular weight excluding hydrogens is 340 g/mol. The van der Waals surface area contributed by atoms with Crippen LogP contribution in [0.1, 0.15) is 11.1 Å². The summed E-state index contributed by atoms with van der Waals surface area (Å²) in [6, 6.07) is 16.3. The predicted octanol–water partition coefficient (Wildman–Crippen LogP) is 2.48. The van der Waals surface area contributed by atoms with Gasteiger partial charge in [0.25, 0.3) is 0 Å². The summed E-state index contributed by atoms with van der Waals surface area (Å²) >= 11 is 0. The molecule has 4 amide bonds. The fourth-order valence-electron chi connectivity index (χ4n) is 2.11. The quantitative estimate of drug-likeness (QED) is 0.626. The number of urea groups is 1. The molecule has 0 aliphatic heterocycles. The second kappa shape index (κ2) is 8.92. The highest BCUT2D eigenvalue weighted by Crippen LogP contribution is 2.04. The molecule has 26 heavy (non-hydrogen) atoms. The van der Waals surface area contributed by atoms with Gasteiger partial charge < -0.3 is 10.2 Å². The van der Waals surface area contributed by atoms with Crippen LogP contribution in [0.15, 0.2) is 60.7 Å². The maximum atomic E-state index is 12.0. The van der Waals surface area contributed by atoms with Crippen molar-refractivity contribution in [2.45, 2.75) is 13.1 Å². The normalized spacial score (nSPS) is 9.85. The van der Waals surface area contributed by atoms with E-state index in [1.54, 1.807) is 60.7 Å². The van der Waals surface area contributed by atoms with Crippen molar-refractivity contribution in [2.75, 3.05) is 0 Å². The van der Waals surface area contributed by atoms with Gasteiger partial charge in [-0.25, -0.2) is 35.3 Å². The van der Waals surface area contributed by atoms with Crippen molar-refractivity contribution >= 4 is 18.2 Å². The zero-order valence-electron chi connectivity index (χ0n) is 13.7. The van der Waals surface area contributed by atoms with Crippen LogP contribution in [0.4, 0.5) is 14.4 Å². The number of carbonyl (C=O) groups excluding carboxylic acids is 1. The standard InChI is InChI=1S/C17H18N4O5/c22-15(18-20(16(23)24)11-13-7-3-1-4-8-13)19-21(17(25)26)12-14-9-5-2-6-10-14/h1-10H,11-12H2,(H,23,24)(H,25,26)(H2,18,19,22). The minimum Gasteiger partial charge on any atom is -0.464 e. The van der Waals surface area contributed by atoms with E-state index in [2.05, 4.69) is 10.9 Å². The first-order valence-corrected chi connectivity index (χ1v) is 7.61. The van der Waals surface area contributed by atoms with E-state index in [0.717, 1.165) is 0 Å². The monoisotopic (exact) mass is 358 g/mol. The highest BCUT2D eigenvalue weighted by atomic mass is 16.4. The number of hydrogen-bond donors (Lipinski definition) is 4. The molecule has 0 aliphatic carbocycles. The zero-order valence-corrected chi connectivity index (χ0v) is 13.7. The van der Waals surface area contributed by atoms with E-state index in [1.165, 1.54) is 0 Å². The van der Waals surface area contributed by atoms with Crippen molar-refractivity contribution in [3.63, 3.8) is 0 Å². The molecule has 0 radical (unpaired) electrons. The minimum atomic E-state index is -1.38. The SMILES string of the molecule is O=C(NN(Cc1ccccc1)C(=O)O)NN(Cc1ccccc1)C(=O)O. The summed E-state index contributed by atoms with van der Waals surface area (Å²) in [5.41, 5.74) is 5.55. The Labute approximate surface area is 149 Å². The molecule has 4 N–H and O–H groups in total. The van der Waals surface area contributed by atoms with Gasteiger partial charge in [-0.3, -0.25) is 0 Å². The number of rotatable bonds is 4. The molecule has 0 spiro atoms. The van der Waals surface area contributed by atoms with Crippen molar-refractivity contribution < 1.29 is 24.6 Å². The fourth-order valence-corrected chi connectivity index (χ4v) is 2.11. The molecule has 0 aromatic heterocycles. The van der Waals surface area contributed by atoms with E-state index < -0.39 is 18.2 Å². The molecule has 0 saturated heterocycles. The molecule has 0 bridgehead atoms. The lowest BCUT2D eigenvalue weighted by molar-refractivity contribution is 0.101. The van der Waals surface area contributed by atoms with E-state index >= 15 is 0 Å². The molecule has 0 atom stereocenters. The third-order valence-electron chi connectivity index (χ3n) is 3.30. The lowest BCUT2D eigenvalue weighted by Gasteiger charge is -2.24. The van der Waals surface area contributed by atoms with Crippen LogP contribution < -0.4 is 10.9 Å². The number of nitrogens with zero attached hydrogens (tertiary/aromatic N) is 2. The third-order valence-corrected chi connectivity index (χ3v) is 3.30. The number of amides is 4. The Balaban J connectivity index is 1.98. The average Bonchev–Trinajstić information content (AvgIpc) is 2.62. The summed E-state index contributed by atoms with van der Waals surface area (Å²) in [6.45, 7) is -0.176. The Morgan fingerprint density at radius 2 is 1.04 bits per heavy atom. The second-order valence-corrected chi connectivity index (χ2v) is 5.26. The van der Waals surface area contributed by atoms with Gasteiger partial charge >= 0.3 is 18.2 Å². The molecule has 9 heteroatoms. The summed E-state index contributed by atoms with van der Waals surface area (Å²) in [5, 5.41) is 19.8. The molecule has 136 valence electrons. The summed E-state index contributed by atoms with van der Waals surface area (Å²) in [6.07, 6.45) is -2.76. The average molecular weight is 358 g/mol. The smallest absolute Gasteiger partial charge is 0.426 e. The number of hydrazine groups is 2. The summed E-state index contributed by atoms with van der Waals surface area (Å²) < 4.78 is 0. The summed E-state index contributed by atoms with van der Waals surface area (Å²) in [5.74, 6) is 0. The third kappa shape index (κ3) is 5.71. The van der Waals surface area contributed by atoms with Gasteiger partial charge in [0.05, 0.1) is 13.1 Å². The Bertz CT molecular complexity index is 691. The molecule has 0 unspecified atom stereocenters. The molecule has 2 aromatic carbocycles. The van der Waals surface area contributed by atoms with Crippen molar-refractivity contribution in [2.24, 2.45) is 0 Å². The van der Waals surface area contributed by atoms with Crippen molar-refractivity contribution in [1.82, 2.24) is 20.9 Å². The first-order chi connectivity index (χ1) is 12.5.